The van der Waals surface area contributed by atoms with Gasteiger partial charge in [-0.05, 0) is 71.1 Å². The van der Waals surface area contributed by atoms with Gasteiger partial charge in [0.25, 0.3) is 0 Å². The molecule has 0 spiro atoms. The van der Waals surface area contributed by atoms with Crippen molar-refractivity contribution in [3.05, 3.63) is 35.9 Å². The van der Waals surface area contributed by atoms with Crippen molar-refractivity contribution in [2.24, 2.45) is 0 Å². The van der Waals surface area contributed by atoms with E-state index in [1.54, 1.807) is 0 Å². The highest BCUT2D eigenvalue weighted by Gasteiger charge is 2.42. The van der Waals surface area contributed by atoms with Crippen LogP contribution in [0.1, 0.15) is 51.5 Å². The largest absolute Gasteiger partial charge is 0.376 e. The van der Waals surface area contributed by atoms with Crippen LogP contribution >= 0.6 is 0 Å². The summed E-state index contributed by atoms with van der Waals surface area (Å²) in [7, 11) is 0. The van der Waals surface area contributed by atoms with Gasteiger partial charge in [0.2, 0.25) is 0 Å². The van der Waals surface area contributed by atoms with Gasteiger partial charge in [0.05, 0.1) is 5.60 Å². The molecule has 2 nitrogen and oxygen atoms in total. The molecule has 0 radical (unpaired) electrons. The minimum atomic E-state index is -0.000892. The molecule has 2 heteroatoms. The second kappa shape index (κ2) is 6.10. The molecule has 2 aliphatic rings. The summed E-state index contributed by atoms with van der Waals surface area (Å²) in [6, 6.07) is 11.2. The highest BCUT2D eigenvalue weighted by molar-refractivity contribution is 5.27. The summed E-state index contributed by atoms with van der Waals surface area (Å²) >= 11 is 0. The Balaban J connectivity index is 1.80. The average molecular weight is 287 g/mol. The van der Waals surface area contributed by atoms with Crippen molar-refractivity contribution in [1.29, 1.82) is 0 Å². The number of hydrogen-bond donors (Lipinski definition) is 0. The van der Waals surface area contributed by atoms with E-state index >= 15 is 0 Å². The lowest BCUT2D eigenvalue weighted by molar-refractivity contribution is -0.0851. The van der Waals surface area contributed by atoms with Gasteiger partial charge in [-0.1, -0.05) is 30.3 Å². The van der Waals surface area contributed by atoms with E-state index in [0.717, 1.165) is 19.4 Å². The summed E-state index contributed by atoms with van der Waals surface area (Å²) in [6.07, 6.45) is 6.33. The van der Waals surface area contributed by atoms with Crippen LogP contribution in [-0.4, -0.2) is 36.7 Å². The van der Waals surface area contributed by atoms with Gasteiger partial charge >= 0.3 is 0 Å². The van der Waals surface area contributed by atoms with Crippen molar-refractivity contribution >= 4 is 0 Å². The molecular weight excluding hydrogens is 258 g/mol. The first kappa shape index (κ1) is 15.1. The van der Waals surface area contributed by atoms with Crippen LogP contribution in [0, 0.1) is 0 Å². The van der Waals surface area contributed by atoms with Crippen molar-refractivity contribution in [2.75, 3.05) is 26.2 Å². The minimum Gasteiger partial charge on any atom is -0.376 e. The third kappa shape index (κ3) is 3.49. The number of rotatable bonds is 4. The van der Waals surface area contributed by atoms with Crippen LogP contribution in [0.2, 0.25) is 0 Å². The van der Waals surface area contributed by atoms with E-state index in [9.17, 15) is 0 Å². The smallest absolute Gasteiger partial charge is 0.0635 e. The molecule has 0 aromatic heterocycles. The molecule has 0 saturated carbocycles. The van der Waals surface area contributed by atoms with Crippen molar-refractivity contribution < 1.29 is 4.74 Å². The fraction of sp³-hybridized carbons (Fsp3) is 0.684. The molecule has 1 aromatic carbocycles. The van der Waals surface area contributed by atoms with Crippen LogP contribution in [0.15, 0.2) is 30.3 Å². The van der Waals surface area contributed by atoms with E-state index in [0.29, 0.717) is 5.41 Å². The second-order valence-electron chi connectivity index (χ2n) is 7.48. The van der Waals surface area contributed by atoms with E-state index in [-0.39, 0.29) is 5.60 Å². The predicted molar refractivity (Wildman–Crippen MR) is 87.7 cm³/mol. The molecule has 0 unspecified atom stereocenters. The molecular formula is C19H29NO. The van der Waals surface area contributed by atoms with Crippen LogP contribution in [0.25, 0.3) is 0 Å². The summed E-state index contributed by atoms with van der Waals surface area (Å²) in [5.41, 5.74) is 1.81. The molecule has 1 aromatic rings. The first-order valence-electron chi connectivity index (χ1n) is 8.52. The van der Waals surface area contributed by atoms with Gasteiger partial charge in [0.1, 0.15) is 0 Å². The minimum absolute atomic E-state index is 0.000892. The fourth-order valence-corrected chi connectivity index (χ4v) is 4.25. The summed E-state index contributed by atoms with van der Waals surface area (Å²) in [5, 5.41) is 0. The van der Waals surface area contributed by atoms with Gasteiger partial charge in [0.15, 0.2) is 0 Å². The van der Waals surface area contributed by atoms with Gasteiger partial charge < -0.3 is 9.64 Å². The lowest BCUT2D eigenvalue weighted by atomic mass is 9.67. The van der Waals surface area contributed by atoms with Crippen LogP contribution < -0.4 is 0 Å². The zero-order valence-electron chi connectivity index (χ0n) is 13.6. The Morgan fingerprint density at radius 2 is 1.81 bits per heavy atom. The highest BCUT2D eigenvalue weighted by atomic mass is 16.5. The molecule has 2 saturated heterocycles. The van der Waals surface area contributed by atoms with Crippen LogP contribution in [0.3, 0.4) is 0 Å². The molecule has 2 aliphatic heterocycles. The van der Waals surface area contributed by atoms with Gasteiger partial charge in [-0.25, -0.2) is 0 Å². The maximum Gasteiger partial charge on any atom is 0.0635 e. The Morgan fingerprint density at radius 1 is 1.10 bits per heavy atom. The summed E-state index contributed by atoms with van der Waals surface area (Å²) in [6.45, 7) is 9.22. The Hall–Kier alpha value is -0.860. The maximum atomic E-state index is 6.00. The molecule has 0 amide bonds. The van der Waals surface area contributed by atoms with Crippen molar-refractivity contribution in [3.8, 4) is 0 Å². The van der Waals surface area contributed by atoms with Crippen LogP contribution in [0.4, 0.5) is 0 Å². The third-order valence-electron chi connectivity index (χ3n) is 5.33. The van der Waals surface area contributed by atoms with Crippen LogP contribution in [-0.2, 0) is 10.2 Å². The van der Waals surface area contributed by atoms with E-state index in [2.05, 4.69) is 49.1 Å². The van der Waals surface area contributed by atoms with E-state index in [1.807, 2.05) is 0 Å². The lowest BCUT2D eigenvalue weighted by Crippen LogP contribution is -2.45. The molecule has 1 atom stereocenters. The summed E-state index contributed by atoms with van der Waals surface area (Å²) in [5.74, 6) is 0. The van der Waals surface area contributed by atoms with Crippen molar-refractivity contribution in [2.45, 2.75) is 57.0 Å². The number of hydrogen-bond acceptors (Lipinski definition) is 2. The first-order valence-corrected chi connectivity index (χ1v) is 8.52. The molecule has 0 N–H and O–H groups in total. The number of likely N-dealkylation sites (tertiary alicyclic amines) is 1. The molecule has 0 bridgehead atoms. The van der Waals surface area contributed by atoms with Crippen molar-refractivity contribution in [1.82, 2.24) is 4.90 Å². The molecule has 21 heavy (non-hydrogen) atoms. The average Bonchev–Trinajstić information content (AvgIpc) is 2.98. The summed E-state index contributed by atoms with van der Waals surface area (Å²) in [4.78, 5) is 2.65. The molecule has 3 rings (SSSR count). The topological polar surface area (TPSA) is 12.5 Å². The second-order valence-corrected chi connectivity index (χ2v) is 7.48. The molecule has 2 heterocycles. The predicted octanol–water partition coefficient (Wildman–Crippen LogP) is 4.00. The Bertz CT molecular complexity index is 450. The molecule has 0 aliphatic carbocycles. The standard InChI is InChI=1S/C19H29NO/c1-18(2)16-19(11-15-21-18,17-8-4-3-5-9-17)10-14-20-12-6-7-13-20/h3-5,8-9H,6-7,10-16H2,1-2H3/t19-/m1/s1. The van der Waals surface area contributed by atoms with Gasteiger partial charge in [-0.15, -0.1) is 0 Å². The van der Waals surface area contributed by atoms with Gasteiger partial charge in [-0.3, -0.25) is 0 Å². The highest BCUT2D eigenvalue weighted by Crippen LogP contribution is 2.44. The fourth-order valence-electron chi connectivity index (χ4n) is 4.25. The van der Waals surface area contributed by atoms with Gasteiger partial charge in [-0.2, -0.15) is 0 Å². The van der Waals surface area contributed by atoms with E-state index in [1.165, 1.54) is 44.5 Å². The van der Waals surface area contributed by atoms with E-state index < -0.39 is 0 Å². The van der Waals surface area contributed by atoms with Crippen molar-refractivity contribution in [3.63, 3.8) is 0 Å². The third-order valence-corrected chi connectivity index (χ3v) is 5.33. The number of benzene rings is 1. The number of nitrogens with zero attached hydrogens (tertiary/aromatic N) is 1. The van der Waals surface area contributed by atoms with E-state index in [4.69, 9.17) is 4.74 Å². The SMILES string of the molecule is CC1(C)C[C@](CCN2CCCC2)(c2ccccc2)CCO1. The zero-order valence-corrected chi connectivity index (χ0v) is 13.6. The molecule has 2 fully saturated rings. The monoisotopic (exact) mass is 287 g/mol. The van der Waals surface area contributed by atoms with Crippen LogP contribution in [0.5, 0.6) is 0 Å². The lowest BCUT2D eigenvalue weighted by Gasteiger charge is -2.46. The normalized spacial score (nSPS) is 29.6. The first-order chi connectivity index (χ1) is 10.1. The Morgan fingerprint density at radius 3 is 2.48 bits per heavy atom. The zero-order chi connectivity index (χ0) is 14.8. The molecule has 116 valence electrons. The quantitative estimate of drug-likeness (QED) is 0.830. The number of ether oxygens (including phenoxy) is 1. The Labute approximate surface area is 129 Å². The Kier molecular flexibility index (Phi) is 4.37. The maximum absolute atomic E-state index is 6.00. The summed E-state index contributed by atoms with van der Waals surface area (Å²) < 4.78 is 6.00. The van der Waals surface area contributed by atoms with Gasteiger partial charge in [0, 0.05) is 12.0 Å².